The number of nitrogens with two attached hydrogens (primary N) is 1. The molecule has 0 amide bonds. The second-order valence-electron chi connectivity index (χ2n) is 5.39. The van der Waals surface area contributed by atoms with Crippen LogP contribution in [0, 0.1) is 0 Å². The van der Waals surface area contributed by atoms with Crippen LogP contribution >= 0.6 is 0 Å². The smallest absolute Gasteiger partial charge is 0.0975 e. The van der Waals surface area contributed by atoms with E-state index < -0.39 is 0 Å². The van der Waals surface area contributed by atoms with E-state index >= 15 is 0 Å². The zero-order chi connectivity index (χ0) is 13.6. The number of nitrogens with zero attached hydrogens (tertiary/aromatic N) is 1. The first-order valence-electron chi connectivity index (χ1n) is 6.31. The van der Waals surface area contributed by atoms with Gasteiger partial charge in [-0.05, 0) is 45.4 Å². The van der Waals surface area contributed by atoms with E-state index in [1.165, 1.54) is 0 Å². The fourth-order valence-corrected chi connectivity index (χ4v) is 1.63. The summed E-state index contributed by atoms with van der Waals surface area (Å²) in [4.78, 5) is 3.99. The van der Waals surface area contributed by atoms with Crippen LogP contribution in [0.2, 0.25) is 0 Å². The minimum Gasteiger partial charge on any atom is -0.373 e. The SMILES string of the molecule is CC(N)C(OCCOC(C)(C)C)c1ccncc1. The van der Waals surface area contributed by atoms with Gasteiger partial charge in [-0.15, -0.1) is 0 Å². The Hall–Kier alpha value is -0.970. The van der Waals surface area contributed by atoms with E-state index in [0.717, 1.165) is 5.56 Å². The molecule has 0 spiro atoms. The summed E-state index contributed by atoms with van der Waals surface area (Å²) in [6, 6.07) is 3.79. The third-order valence-electron chi connectivity index (χ3n) is 2.43. The minimum absolute atomic E-state index is 0.0676. The van der Waals surface area contributed by atoms with Crippen molar-refractivity contribution in [1.82, 2.24) is 4.98 Å². The summed E-state index contributed by atoms with van der Waals surface area (Å²) in [5.41, 5.74) is 6.87. The zero-order valence-corrected chi connectivity index (χ0v) is 11.7. The van der Waals surface area contributed by atoms with Gasteiger partial charge in [-0.1, -0.05) is 0 Å². The van der Waals surface area contributed by atoms with E-state index in [0.29, 0.717) is 13.2 Å². The average molecular weight is 252 g/mol. The third-order valence-corrected chi connectivity index (χ3v) is 2.43. The van der Waals surface area contributed by atoms with Crippen LogP contribution in [0.1, 0.15) is 39.4 Å². The Morgan fingerprint density at radius 1 is 1.22 bits per heavy atom. The molecular formula is C14H24N2O2. The fourth-order valence-electron chi connectivity index (χ4n) is 1.63. The van der Waals surface area contributed by atoms with Gasteiger partial charge in [0.15, 0.2) is 0 Å². The first-order chi connectivity index (χ1) is 8.40. The van der Waals surface area contributed by atoms with Gasteiger partial charge in [0, 0.05) is 18.4 Å². The Bertz CT molecular complexity index is 333. The van der Waals surface area contributed by atoms with E-state index in [1.807, 2.05) is 39.8 Å². The second-order valence-corrected chi connectivity index (χ2v) is 5.39. The highest BCUT2D eigenvalue weighted by Crippen LogP contribution is 2.19. The number of rotatable bonds is 6. The summed E-state index contributed by atoms with van der Waals surface area (Å²) in [6.45, 7) is 9.12. The van der Waals surface area contributed by atoms with Gasteiger partial charge >= 0.3 is 0 Å². The molecule has 18 heavy (non-hydrogen) atoms. The predicted octanol–water partition coefficient (Wildman–Crippen LogP) is 2.30. The number of hydrogen-bond acceptors (Lipinski definition) is 4. The van der Waals surface area contributed by atoms with Gasteiger partial charge in [-0.2, -0.15) is 0 Å². The molecule has 0 aromatic carbocycles. The van der Waals surface area contributed by atoms with E-state index in [1.54, 1.807) is 12.4 Å². The maximum Gasteiger partial charge on any atom is 0.0975 e. The monoisotopic (exact) mass is 252 g/mol. The highest BCUT2D eigenvalue weighted by Gasteiger charge is 2.17. The standard InChI is InChI=1S/C14H24N2O2/c1-11(15)13(12-5-7-16-8-6-12)17-9-10-18-14(2,3)4/h5-8,11,13H,9-10,15H2,1-4H3. The molecule has 4 heteroatoms. The lowest BCUT2D eigenvalue weighted by Gasteiger charge is -2.24. The molecule has 0 saturated heterocycles. The quantitative estimate of drug-likeness (QED) is 0.789. The summed E-state index contributed by atoms with van der Waals surface area (Å²) in [5, 5.41) is 0. The molecule has 1 heterocycles. The number of pyridine rings is 1. The van der Waals surface area contributed by atoms with Crippen molar-refractivity contribution < 1.29 is 9.47 Å². The summed E-state index contributed by atoms with van der Waals surface area (Å²) in [7, 11) is 0. The molecule has 0 fully saturated rings. The van der Waals surface area contributed by atoms with Crippen LogP contribution in [0.15, 0.2) is 24.5 Å². The van der Waals surface area contributed by atoms with E-state index in [4.69, 9.17) is 15.2 Å². The molecule has 0 aliphatic heterocycles. The van der Waals surface area contributed by atoms with Crippen LogP contribution in [0.4, 0.5) is 0 Å². The van der Waals surface area contributed by atoms with Crippen molar-refractivity contribution in [1.29, 1.82) is 0 Å². The van der Waals surface area contributed by atoms with Crippen LogP contribution in [0.3, 0.4) is 0 Å². The van der Waals surface area contributed by atoms with Gasteiger partial charge in [0.05, 0.1) is 24.9 Å². The number of aromatic nitrogens is 1. The Morgan fingerprint density at radius 3 is 2.33 bits per heavy atom. The maximum absolute atomic E-state index is 5.95. The Labute approximate surface area is 110 Å². The highest BCUT2D eigenvalue weighted by atomic mass is 16.5. The largest absolute Gasteiger partial charge is 0.373 e. The molecule has 2 N–H and O–H groups in total. The summed E-state index contributed by atoms with van der Waals surface area (Å²) in [6.07, 6.45) is 3.39. The molecule has 2 atom stereocenters. The number of hydrogen-bond donors (Lipinski definition) is 1. The molecule has 0 saturated carbocycles. The lowest BCUT2D eigenvalue weighted by atomic mass is 10.1. The third kappa shape index (κ3) is 5.58. The predicted molar refractivity (Wildman–Crippen MR) is 72.3 cm³/mol. The molecule has 0 radical (unpaired) electrons. The molecule has 1 aromatic rings. The lowest BCUT2D eigenvalue weighted by Crippen LogP contribution is -2.29. The van der Waals surface area contributed by atoms with Crippen molar-refractivity contribution in [3.63, 3.8) is 0 Å². The van der Waals surface area contributed by atoms with Crippen molar-refractivity contribution in [2.75, 3.05) is 13.2 Å². The molecule has 2 unspecified atom stereocenters. The van der Waals surface area contributed by atoms with Crippen LogP contribution in [0.25, 0.3) is 0 Å². The van der Waals surface area contributed by atoms with Gasteiger partial charge in [-0.25, -0.2) is 0 Å². The first-order valence-corrected chi connectivity index (χ1v) is 6.31. The van der Waals surface area contributed by atoms with Crippen molar-refractivity contribution in [3.05, 3.63) is 30.1 Å². The summed E-state index contributed by atoms with van der Waals surface area (Å²) < 4.78 is 11.4. The van der Waals surface area contributed by atoms with Gasteiger partial charge in [0.25, 0.3) is 0 Å². The van der Waals surface area contributed by atoms with Crippen molar-refractivity contribution in [2.45, 2.75) is 45.4 Å². The molecule has 1 aromatic heterocycles. The van der Waals surface area contributed by atoms with Crippen LogP contribution < -0.4 is 5.73 Å². The van der Waals surface area contributed by atoms with Crippen LogP contribution in [0.5, 0.6) is 0 Å². The minimum atomic E-state index is -0.135. The van der Waals surface area contributed by atoms with Crippen molar-refractivity contribution in [3.8, 4) is 0 Å². The fraction of sp³-hybridized carbons (Fsp3) is 0.643. The Balaban J connectivity index is 2.45. The molecule has 1 rings (SSSR count). The van der Waals surface area contributed by atoms with Gasteiger partial charge in [-0.3, -0.25) is 4.98 Å². The Kier molecular flexibility index (Phi) is 5.72. The highest BCUT2D eigenvalue weighted by molar-refractivity contribution is 5.14. The van der Waals surface area contributed by atoms with Gasteiger partial charge in [0.2, 0.25) is 0 Å². The van der Waals surface area contributed by atoms with Crippen LogP contribution in [-0.4, -0.2) is 29.8 Å². The Morgan fingerprint density at radius 2 is 1.83 bits per heavy atom. The first kappa shape index (κ1) is 15.1. The van der Waals surface area contributed by atoms with Crippen molar-refractivity contribution in [2.24, 2.45) is 5.73 Å². The van der Waals surface area contributed by atoms with Crippen LogP contribution in [-0.2, 0) is 9.47 Å². The topological polar surface area (TPSA) is 57.4 Å². The molecule has 0 aliphatic rings. The number of ether oxygens (including phenoxy) is 2. The lowest BCUT2D eigenvalue weighted by molar-refractivity contribution is -0.0558. The van der Waals surface area contributed by atoms with E-state index in [-0.39, 0.29) is 17.7 Å². The normalized spacial score (nSPS) is 15.4. The summed E-state index contributed by atoms with van der Waals surface area (Å²) in [5.74, 6) is 0. The second kappa shape index (κ2) is 6.83. The van der Waals surface area contributed by atoms with Gasteiger partial charge in [0.1, 0.15) is 0 Å². The molecule has 0 bridgehead atoms. The van der Waals surface area contributed by atoms with Crippen molar-refractivity contribution >= 4 is 0 Å². The zero-order valence-electron chi connectivity index (χ0n) is 11.7. The average Bonchev–Trinajstić information content (AvgIpc) is 2.28. The molecule has 4 nitrogen and oxygen atoms in total. The molecular weight excluding hydrogens is 228 g/mol. The maximum atomic E-state index is 5.95. The summed E-state index contributed by atoms with van der Waals surface area (Å²) >= 11 is 0. The van der Waals surface area contributed by atoms with Gasteiger partial charge < -0.3 is 15.2 Å². The van der Waals surface area contributed by atoms with E-state index in [2.05, 4.69) is 4.98 Å². The molecule has 0 aliphatic carbocycles. The molecule has 102 valence electrons. The van der Waals surface area contributed by atoms with E-state index in [9.17, 15) is 0 Å².